The highest BCUT2D eigenvalue weighted by molar-refractivity contribution is 6.04. The highest BCUT2D eigenvalue weighted by Gasteiger charge is 2.40. The number of pyridine rings is 1. The number of allylic oxidation sites excluding steroid dienone is 2. The average Bonchev–Trinajstić information content (AvgIpc) is 3.46. The van der Waals surface area contributed by atoms with Crippen LogP contribution in [0.25, 0.3) is 10.9 Å². The van der Waals surface area contributed by atoms with Gasteiger partial charge in [-0.1, -0.05) is 6.07 Å². The molecule has 0 radical (unpaired) electrons. The lowest BCUT2D eigenvalue weighted by molar-refractivity contribution is -0.116. The molecular formula is C29H26N2O5. The van der Waals surface area contributed by atoms with Gasteiger partial charge in [0.15, 0.2) is 17.3 Å². The molecule has 182 valence electrons. The summed E-state index contributed by atoms with van der Waals surface area (Å²) in [6.07, 6.45) is 4.50. The fourth-order valence-corrected chi connectivity index (χ4v) is 5.61. The lowest BCUT2D eigenvalue weighted by atomic mass is 9.72. The molecule has 2 atom stereocenters. The Bertz CT molecular complexity index is 1480. The summed E-state index contributed by atoms with van der Waals surface area (Å²) in [6.45, 7) is 0. The molecule has 0 unspecified atom stereocenters. The average molecular weight is 483 g/mol. The van der Waals surface area contributed by atoms with Crippen LogP contribution < -0.4 is 19.5 Å². The second-order valence-electron chi connectivity index (χ2n) is 9.05. The van der Waals surface area contributed by atoms with E-state index in [1.807, 2.05) is 42.5 Å². The minimum absolute atomic E-state index is 0.0111. The minimum atomic E-state index is -0.331. The number of furan rings is 1. The van der Waals surface area contributed by atoms with Gasteiger partial charge < -0.3 is 23.9 Å². The molecule has 0 saturated heterocycles. The fourth-order valence-electron chi connectivity index (χ4n) is 5.61. The van der Waals surface area contributed by atoms with Crippen LogP contribution >= 0.6 is 0 Å². The zero-order valence-corrected chi connectivity index (χ0v) is 20.3. The van der Waals surface area contributed by atoms with E-state index in [4.69, 9.17) is 18.6 Å². The van der Waals surface area contributed by atoms with Gasteiger partial charge >= 0.3 is 0 Å². The number of ketones is 1. The largest absolute Gasteiger partial charge is 0.493 e. The maximum absolute atomic E-state index is 13.9. The first-order valence-electron chi connectivity index (χ1n) is 11.9. The van der Waals surface area contributed by atoms with Crippen molar-refractivity contribution < 1.29 is 23.4 Å². The van der Waals surface area contributed by atoms with Gasteiger partial charge in [-0.2, -0.15) is 0 Å². The normalized spacial score (nSPS) is 18.9. The number of methoxy groups -OCH3 is 3. The molecule has 36 heavy (non-hydrogen) atoms. The second kappa shape index (κ2) is 8.75. The van der Waals surface area contributed by atoms with E-state index in [1.165, 1.54) is 0 Å². The van der Waals surface area contributed by atoms with E-state index in [0.717, 1.165) is 44.7 Å². The number of anilines is 1. The van der Waals surface area contributed by atoms with Gasteiger partial charge in [-0.25, -0.2) is 0 Å². The van der Waals surface area contributed by atoms with Gasteiger partial charge in [-0.15, -0.1) is 0 Å². The van der Waals surface area contributed by atoms with E-state index in [1.54, 1.807) is 33.8 Å². The Morgan fingerprint density at radius 2 is 1.78 bits per heavy atom. The third-order valence-electron chi connectivity index (χ3n) is 7.16. The molecule has 3 heterocycles. The monoisotopic (exact) mass is 482 g/mol. The number of carbonyl (C=O) groups excluding carboxylic acids is 1. The highest BCUT2D eigenvalue weighted by atomic mass is 16.5. The molecule has 0 bridgehead atoms. The molecule has 4 aromatic rings. The lowest BCUT2D eigenvalue weighted by Crippen LogP contribution is -2.30. The van der Waals surface area contributed by atoms with Crippen molar-refractivity contribution in [1.82, 2.24) is 4.98 Å². The summed E-state index contributed by atoms with van der Waals surface area (Å²) < 4.78 is 22.6. The quantitative estimate of drug-likeness (QED) is 0.384. The van der Waals surface area contributed by atoms with Crippen molar-refractivity contribution in [2.24, 2.45) is 0 Å². The molecule has 2 aromatic carbocycles. The van der Waals surface area contributed by atoms with E-state index >= 15 is 0 Å². The predicted octanol–water partition coefficient (Wildman–Crippen LogP) is 5.81. The summed E-state index contributed by atoms with van der Waals surface area (Å²) in [5.41, 5.74) is 5.41. The second-order valence-corrected chi connectivity index (χ2v) is 9.05. The number of nitrogens with zero attached hydrogens (tertiary/aromatic N) is 1. The first kappa shape index (κ1) is 22.2. The van der Waals surface area contributed by atoms with Crippen molar-refractivity contribution in [3.8, 4) is 17.2 Å². The number of rotatable bonds is 5. The highest BCUT2D eigenvalue weighted by Crippen LogP contribution is 2.52. The molecule has 0 saturated carbocycles. The molecule has 0 spiro atoms. The number of carbonyl (C=O) groups is 1. The molecule has 0 fully saturated rings. The number of ether oxygens (including phenoxy) is 3. The van der Waals surface area contributed by atoms with Gasteiger partial charge in [0.2, 0.25) is 5.75 Å². The minimum Gasteiger partial charge on any atom is -0.493 e. The zero-order chi connectivity index (χ0) is 24.8. The number of hydrogen-bond donors (Lipinski definition) is 1. The molecule has 7 heteroatoms. The van der Waals surface area contributed by atoms with Crippen molar-refractivity contribution in [2.45, 2.75) is 24.7 Å². The SMILES string of the molecule is COc1cc([C@H]2C3=C(C[C@H](c4ccco4)CC3=O)Nc3ccc4ncccc4c32)cc(OC)c1OC. The van der Waals surface area contributed by atoms with E-state index in [0.29, 0.717) is 30.1 Å². The van der Waals surface area contributed by atoms with Crippen LogP contribution in [-0.4, -0.2) is 32.1 Å². The maximum atomic E-state index is 13.9. The van der Waals surface area contributed by atoms with Crippen LogP contribution in [0.4, 0.5) is 5.69 Å². The number of benzene rings is 2. The van der Waals surface area contributed by atoms with Crippen LogP contribution in [0, 0.1) is 0 Å². The molecule has 1 aliphatic carbocycles. The van der Waals surface area contributed by atoms with E-state index < -0.39 is 0 Å². The van der Waals surface area contributed by atoms with Gasteiger partial charge in [0.1, 0.15) is 5.76 Å². The number of fused-ring (bicyclic) bond motifs is 3. The van der Waals surface area contributed by atoms with Crippen LogP contribution in [0.1, 0.15) is 41.6 Å². The topological polar surface area (TPSA) is 82.8 Å². The van der Waals surface area contributed by atoms with E-state index in [9.17, 15) is 4.79 Å². The van der Waals surface area contributed by atoms with Crippen molar-refractivity contribution >= 4 is 22.4 Å². The Balaban J connectivity index is 1.60. The molecule has 6 rings (SSSR count). The number of nitrogens with one attached hydrogen (secondary N) is 1. The summed E-state index contributed by atoms with van der Waals surface area (Å²) in [4.78, 5) is 18.4. The first-order chi connectivity index (χ1) is 17.6. The lowest BCUT2D eigenvalue weighted by Gasteiger charge is -2.37. The molecule has 7 nitrogen and oxygen atoms in total. The number of aromatic nitrogens is 1. The molecule has 1 aliphatic heterocycles. The van der Waals surface area contributed by atoms with Gasteiger partial charge in [0, 0.05) is 46.8 Å². The van der Waals surface area contributed by atoms with Gasteiger partial charge in [-0.3, -0.25) is 9.78 Å². The Kier molecular flexibility index (Phi) is 5.40. The Morgan fingerprint density at radius 3 is 2.47 bits per heavy atom. The van der Waals surface area contributed by atoms with Crippen molar-refractivity contribution in [3.05, 3.63) is 89.1 Å². The summed E-state index contributed by atoms with van der Waals surface area (Å²) in [7, 11) is 4.78. The summed E-state index contributed by atoms with van der Waals surface area (Å²) in [5.74, 6) is 2.18. The van der Waals surface area contributed by atoms with Crippen LogP contribution in [0.5, 0.6) is 17.2 Å². The Hall–Kier alpha value is -4.26. The standard InChI is InChI=1S/C29H26N2O5/c1-33-24-14-17(15-25(34-2)29(24)35-3)26-27-18-6-4-10-30-19(18)8-9-20(27)31-21-12-16(13-22(32)28(21)26)23-7-5-11-36-23/h4-11,14-16,26,31H,12-13H2,1-3H3/t16-,26+/m0/s1. The smallest absolute Gasteiger partial charge is 0.203 e. The molecule has 2 aromatic heterocycles. The van der Waals surface area contributed by atoms with E-state index in [2.05, 4.69) is 16.4 Å². The number of hydrogen-bond acceptors (Lipinski definition) is 7. The fraction of sp³-hybridized carbons (Fsp3) is 0.241. The maximum Gasteiger partial charge on any atom is 0.203 e. The van der Waals surface area contributed by atoms with E-state index in [-0.39, 0.29) is 17.6 Å². The van der Waals surface area contributed by atoms with Crippen LogP contribution in [0.3, 0.4) is 0 Å². The zero-order valence-electron chi connectivity index (χ0n) is 20.3. The molecular weight excluding hydrogens is 456 g/mol. The van der Waals surface area contributed by atoms with Crippen LogP contribution in [0.15, 0.2) is 76.7 Å². The molecule has 2 aliphatic rings. The number of Topliss-reactive ketones (excluding diaryl/α,β-unsaturated/α-hetero) is 1. The predicted molar refractivity (Wildman–Crippen MR) is 136 cm³/mol. The van der Waals surface area contributed by atoms with Gasteiger partial charge in [-0.05, 0) is 60.0 Å². The van der Waals surface area contributed by atoms with Crippen molar-refractivity contribution in [1.29, 1.82) is 0 Å². The van der Waals surface area contributed by atoms with Crippen molar-refractivity contribution in [2.75, 3.05) is 26.6 Å². The Labute approximate surface area is 208 Å². The third kappa shape index (κ3) is 3.42. The van der Waals surface area contributed by atoms with Crippen LogP contribution in [0.2, 0.25) is 0 Å². The van der Waals surface area contributed by atoms with Crippen LogP contribution in [-0.2, 0) is 4.79 Å². The van der Waals surface area contributed by atoms with Crippen molar-refractivity contribution in [3.63, 3.8) is 0 Å². The summed E-state index contributed by atoms with van der Waals surface area (Å²) in [5, 5.41) is 4.59. The molecule has 1 N–H and O–H groups in total. The molecule has 0 amide bonds. The first-order valence-corrected chi connectivity index (χ1v) is 11.9. The van der Waals surface area contributed by atoms with Gasteiger partial charge in [0.25, 0.3) is 0 Å². The third-order valence-corrected chi connectivity index (χ3v) is 7.16. The summed E-state index contributed by atoms with van der Waals surface area (Å²) in [6, 6.07) is 15.7. The Morgan fingerprint density at radius 1 is 0.972 bits per heavy atom. The van der Waals surface area contributed by atoms with Gasteiger partial charge in [0.05, 0.1) is 33.1 Å². The summed E-state index contributed by atoms with van der Waals surface area (Å²) >= 11 is 0.